The first-order valence-electron chi connectivity index (χ1n) is 7.73. The highest BCUT2D eigenvalue weighted by molar-refractivity contribution is 5.81. The molecule has 0 aromatic carbocycles. The van der Waals surface area contributed by atoms with E-state index in [0.717, 1.165) is 19.4 Å². The van der Waals surface area contributed by atoms with Crippen molar-refractivity contribution in [2.75, 3.05) is 13.1 Å². The number of amides is 1. The number of hydrogen-bond donors (Lipinski definition) is 0. The summed E-state index contributed by atoms with van der Waals surface area (Å²) in [5.74, 6) is 0.287. The molecule has 118 valence electrons. The molecule has 1 amide bonds. The first kappa shape index (κ1) is 18.9. The minimum atomic E-state index is -0.486. The number of ether oxygens (including phenoxy) is 1. The topological polar surface area (TPSA) is 46.6 Å². The molecule has 0 saturated carbocycles. The van der Waals surface area contributed by atoms with Gasteiger partial charge in [0.15, 0.2) is 0 Å². The van der Waals surface area contributed by atoms with Crippen molar-refractivity contribution >= 4 is 11.9 Å². The maximum absolute atomic E-state index is 12.1. The van der Waals surface area contributed by atoms with Crippen LogP contribution < -0.4 is 0 Å². The lowest BCUT2D eigenvalue weighted by Gasteiger charge is -2.25. The molecule has 0 aromatic rings. The highest BCUT2D eigenvalue weighted by Gasteiger charge is 2.20. The number of esters is 1. The van der Waals surface area contributed by atoms with Gasteiger partial charge in [0.25, 0.3) is 0 Å². The fraction of sp³-hybridized carbons (Fsp3) is 0.875. The Balaban J connectivity index is 4.25. The van der Waals surface area contributed by atoms with Gasteiger partial charge < -0.3 is 9.64 Å². The molecule has 4 heteroatoms. The molecule has 0 aliphatic rings. The Morgan fingerprint density at radius 3 is 2.00 bits per heavy atom. The Kier molecular flexibility index (Phi) is 8.51. The fourth-order valence-electron chi connectivity index (χ4n) is 2.03. The summed E-state index contributed by atoms with van der Waals surface area (Å²) in [7, 11) is 0. The number of rotatable bonds is 8. The van der Waals surface area contributed by atoms with Crippen LogP contribution in [-0.4, -0.2) is 35.5 Å². The third-order valence-corrected chi connectivity index (χ3v) is 3.33. The van der Waals surface area contributed by atoms with Crippen LogP contribution in [0.15, 0.2) is 0 Å². The predicted molar refractivity (Wildman–Crippen MR) is 81.4 cm³/mol. The normalized spacial score (nSPS) is 11.6. The average molecular weight is 285 g/mol. The molecule has 0 aliphatic carbocycles. The van der Waals surface area contributed by atoms with E-state index in [9.17, 15) is 9.59 Å². The predicted octanol–water partition coefficient (Wildman–Crippen LogP) is 3.39. The molecule has 0 aromatic heterocycles. The van der Waals surface area contributed by atoms with Gasteiger partial charge in [-0.25, -0.2) is 0 Å². The molecular formula is C16H31NO3. The zero-order valence-electron chi connectivity index (χ0n) is 14.0. The Bertz CT molecular complexity index is 303. The molecule has 0 radical (unpaired) electrons. The Morgan fingerprint density at radius 2 is 1.60 bits per heavy atom. The first-order chi connectivity index (χ1) is 9.23. The molecule has 20 heavy (non-hydrogen) atoms. The molecule has 0 N–H and O–H groups in total. The lowest BCUT2D eigenvalue weighted by Crippen LogP contribution is -2.35. The molecule has 0 heterocycles. The van der Waals surface area contributed by atoms with Crippen LogP contribution in [-0.2, 0) is 14.3 Å². The van der Waals surface area contributed by atoms with E-state index >= 15 is 0 Å². The van der Waals surface area contributed by atoms with Crippen LogP contribution in [0.25, 0.3) is 0 Å². The van der Waals surface area contributed by atoms with Crippen molar-refractivity contribution in [1.82, 2.24) is 4.90 Å². The molecule has 0 unspecified atom stereocenters. The number of carbonyl (C=O) groups excluding carboxylic acids is 2. The smallest absolute Gasteiger partial charge is 0.306 e. The first-order valence-corrected chi connectivity index (χ1v) is 7.73. The van der Waals surface area contributed by atoms with Crippen molar-refractivity contribution in [3.05, 3.63) is 0 Å². The lowest BCUT2D eigenvalue weighted by molar-refractivity contribution is -0.156. The third kappa shape index (κ3) is 8.18. The molecule has 0 bridgehead atoms. The molecule has 0 fully saturated rings. The fourth-order valence-corrected chi connectivity index (χ4v) is 2.03. The van der Waals surface area contributed by atoms with Gasteiger partial charge in [-0.15, -0.1) is 0 Å². The Labute approximate surface area is 123 Å². The molecule has 4 nitrogen and oxygen atoms in total. The van der Waals surface area contributed by atoms with Crippen molar-refractivity contribution in [2.24, 2.45) is 5.92 Å². The zero-order valence-corrected chi connectivity index (χ0v) is 14.0. The standard InChI is InChI=1S/C16H31NO3/c1-7-13(8-2)12-17(9-3)14(18)10-11-15(19)20-16(4,5)6/h13H,7-12H2,1-6H3. The molecule has 0 spiro atoms. The zero-order chi connectivity index (χ0) is 15.8. The minimum Gasteiger partial charge on any atom is -0.460 e. The van der Waals surface area contributed by atoms with E-state index in [1.54, 1.807) is 0 Å². The number of nitrogens with zero attached hydrogens (tertiary/aromatic N) is 1. The van der Waals surface area contributed by atoms with Crippen molar-refractivity contribution in [3.63, 3.8) is 0 Å². The van der Waals surface area contributed by atoms with Gasteiger partial charge in [0, 0.05) is 19.5 Å². The maximum Gasteiger partial charge on any atom is 0.306 e. The number of hydrogen-bond acceptors (Lipinski definition) is 3. The van der Waals surface area contributed by atoms with Gasteiger partial charge in [-0.3, -0.25) is 9.59 Å². The maximum atomic E-state index is 12.1. The summed E-state index contributed by atoms with van der Waals surface area (Å²) in [6.07, 6.45) is 2.55. The lowest BCUT2D eigenvalue weighted by atomic mass is 10.0. The van der Waals surface area contributed by atoms with E-state index < -0.39 is 5.60 Å². The van der Waals surface area contributed by atoms with Crippen molar-refractivity contribution < 1.29 is 14.3 Å². The highest BCUT2D eigenvalue weighted by Crippen LogP contribution is 2.13. The molecule has 0 aliphatic heterocycles. The Morgan fingerprint density at radius 1 is 1.05 bits per heavy atom. The van der Waals surface area contributed by atoms with Gasteiger partial charge in [-0.2, -0.15) is 0 Å². The summed E-state index contributed by atoms with van der Waals surface area (Å²) in [6.45, 7) is 13.3. The second-order valence-electron chi connectivity index (χ2n) is 6.20. The monoisotopic (exact) mass is 285 g/mol. The molecular weight excluding hydrogens is 254 g/mol. The summed E-state index contributed by atoms with van der Waals surface area (Å²) < 4.78 is 5.22. The van der Waals surface area contributed by atoms with E-state index in [-0.39, 0.29) is 24.7 Å². The second kappa shape index (κ2) is 8.98. The van der Waals surface area contributed by atoms with E-state index in [2.05, 4.69) is 13.8 Å². The van der Waals surface area contributed by atoms with Gasteiger partial charge in [0.1, 0.15) is 5.60 Å². The van der Waals surface area contributed by atoms with Crippen LogP contribution in [0.2, 0.25) is 0 Å². The van der Waals surface area contributed by atoms with Gasteiger partial charge in [-0.1, -0.05) is 26.7 Å². The average Bonchev–Trinajstić information content (AvgIpc) is 2.35. The minimum absolute atomic E-state index is 0.0465. The van der Waals surface area contributed by atoms with Gasteiger partial charge >= 0.3 is 5.97 Å². The van der Waals surface area contributed by atoms with E-state index in [1.165, 1.54) is 0 Å². The molecule has 0 atom stereocenters. The highest BCUT2D eigenvalue weighted by atomic mass is 16.6. The van der Waals surface area contributed by atoms with Crippen molar-refractivity contribution in [3.8, 4) is 0 Å². The van der Waals surface area contributed by atoms with Crippen molar-refractivity contribution in [2.45, 2.75) is 72.8 Å². The summed E-state index contributed by atoms with van der Waals surface area (Å²) in [5, 5.41) is 0. The van der Waals surface area contributed by atoms with Gasteiger partial charge in [0.2, 0.25) is 5.91 Å². The van der Waals surface area contributed by atoms with Crippen molar-refractivity contribution in [1.29, 1.82) is 0 Å². The van der Waals surface area contributed by atoms with Crippen LogP contribution in [0.5, 0.6) is 0 Å². The van der Waals surface area contributed by atoms with E-state index in [1.807, 2.05) is 32.6 Å². The SMILES string of the molecule is CCC(CC)CN(CC)C(=O)CCC(=O)OC(C)(C)C. The summed E-state index contributed by atoms with van der Waals surface area (Å²) in [5.41, 5.74) is -0.486. The third-order valence-electron chi connectivity index (χ3n) is 3.33. The summed E-state index contributed by atoms with van der Waals surface area (Å²) in [6, 6.07) is 0. The van der Waals surface area contributed by atoms with Crippen LogP contribution in [0.3, 0.4) is 0 Å². The Hall–Kier alpha value is -1.06. The number of carbonyl (C=O) groups is 2. The van der Waals surface area contributed by atoms with Crippen LogP contribution in [0.1, 0.15) is 67.2 Å². The summed E-state index contributed by atoms with van der Waals surface area (Å²) >= 11 is 0. The molecule has 0 saturated heterocycles. The largest absolute Gasteiger partial charge is 0.460 e. The second-order valence-corrected chi connectivity index (χ2v) is 6.20. The quantitative estimate of drug-likeness (QED) is 0.642. The molecule has 0 rings (SSSR count). The van der Waals surface area contributed by atoms with E-state index in [4.69, 9.17) is 4.74 Å². The van der Waals surface area contributed by atoms with Gasteiger partial charge in [0.05, 0.1) is 6.42 Å². The van der Waals surface area contributed by atoms with E-state index in [0.29, 0.717) is 12.5 Å². The van der Waals surface area contributed by atoms with Crippen LogP contribution in [0, 0.1) is 5.92 Å². The van der Waals surface area contributed by atoms with Gasteiger partial charge in [-0.05, 0) is 33.6 Å². The van der Waals surface area contributed by atoms with Crippen LogP contribution in [0.4, 0.5) is 0 Å². The van der Waals surface area contributed by atoms with Crippen LogP contribution >= 0.6 is 0 Å². The summed E-state index contributed by atoms with van der Waals surface area (Å²) in [4.78, 5) is 25.6.